The number of fused-ring (bicyclic) bond motifs is 3. The van der Waals surface area contributed by atoms with E-state index in [4.69, 9.17) is 28.2 Å². The first-order chi connectivity index (χ1) is 13.8. The third kappa shape index (κ3) is 2.91. The fraction of sp³-hybridized carbons (Fsp3) is 0.350. The van der Waals surface area contributed by atoms with Gasteiger partial charge in [-0.3, -0.25) is 14.6 Å². The summed E-state index contributed by atoms with van der Waals surface area (Å²) in [5.41, 5.74) is 2.69. The maximum absolute atomic E-state index is 13.4. The van der Waals surface area contributed by atoms with Gasteiger partial charge in [-0.1, -0.05) is 35.3 Å². The molecule has 9 heteroatoms. The summed E-state index contributed by atoms with van der Waals surface area (Å²) in [5, 5.41) is 0.807. The molecule has 4 rings (SSSR count). The lowest BCUT2D eigenvalue weighted by Gasteiger charge is -2.40. The van der Waals surface area contributed by atoms with Gasteiger partial charge < -0.3 is 9.80 Å². The average molecular weight is 434 g/mol. The number of benzene rings is 1. The Morgan fingerprint density at radius 2 is 1.86 bits per heavy atom. The van der Waals surface area contributed by atoms with E-state index < -0.39 is 12.2 Å². The highest BCUT2D eigenvalue weighted by atomic mass is 35.5. The number of guanidine groups is 1. The van der Waals surface area contributed by atoms with Crippen molar-refractivity contribution in [1.82, 2.24) is 19.6 Å². The van der Waals surface area contributed by atoms with Gasteiger partial charge in [0.1, 0.15) is 0 Å². The van der Waals surface area contributed by atoms with Crippen molar-refractivity contribution in [3.8, 4) is 0 Å². The monoisotopic (exact) mass is 433 g/mol. The van der Waals surface area contributed by atoms with Crippen molar-refractivity contribution >= 4 is 41.1 Å². The first kappa shape index (κ1) is 19.8. The summed E-state index contributed by atoms with van der Waals surface area (Å²) >= 11 is 12.1. The van der Waals surface area contributed by atoms with Crippen LogP contribution in [0, 0.1) is 0 Å². The van der Waals surface area contributed by atoms with Crippen molar-refractivity contribution in [2.24, 2.45) is 4.99 Å². The highest BCUT2D eigenvalue weighted by Gasteiger charge is 2.55. The number of carbonyl (C=O) groups is 2. The fourth-order valence-corrected chi connectivity index (χ4v) is 4.32. The van der Waals surface area contributed by atoms with E-state index in [0.717, 1.165) is 17.0 Å². The fourth-order valence-electron chi connectivity index (χ4n) is 3.99. The Morgan fingerprint density at radius 1 is 1.14 bits per heavy atom. The first-order valence-corrected chi connectivity index (χ1v) is 9.97. The van der Waals surface area contributed by atoms with Gasteiger partial charge in [0.2, 0.25) is 5.96 Å². The number of rotatable bonds is 4. The van der Waals surface area contributed by atoms with Crippen LogP contribution in [0.4, 0.5) is 4.79 Å². The van der Waals surface area contributed by atoms with Gasteiger partial charge in [0.15, 0.2) is 12.2 Å². The van der Waals surface area contributed by atoms with E-state index in [0.29, 0.717) is 22.5 Å². The molecule has 1 saturated heterocycles. The number of likely N-dealkylation sites (N-methyl/N-ethyl adjacent to an activating group) is 1. The minimum absolute atomic E-state index is 0.114. The number of urea groups is 1. The number of amides is 3. The second-order valence-electron chi connectivity index (χ2n) is 7.29. The summed E-state index contributed by atoms with van der Waals surface area (Å²) in [6.45, 7) is 8.45. The Hall–Kier alpha value is -2.51. The van der Waals surface area contributed by atoms with Crippen LogP contribution >= 0.6 is 23.2 Å². The molecule has 2 unspecified atom stereocenters. The number of nitrogens with zero attached hydrogens (tertiary/aromatic N) is 5. The van der Waals surface area contributed by atoms with Crippen LogP contribution in [0.15, 0.2) is 47.2 Å². The number of carbonyl (C=O) groups excluding carboxylic acids is 2. The number of imide groups is 1. The molecule has 1 aromatic rings. The predicted molar refractivity (Wildman–Crippen MR) is 112 cm³/mol. The molecule has 152 valence electrons. The Labute approximate surface area is 179 Å². The number of allylic oxidation sites excluding steroid dienone is 2. The minimum atomic E-state index is -0.597. The quantitative estimate of drug-likeness (QED) is 0.681. The summed E-state index contributed by atoms with van der Waals surface area (Å²) < 4.78 is 0. The number of hydrogen-bond acceptors (Lipinski definition) is 5. The van der Waals surface area contributed by atoms with Crippen LogP contribution < -0.4 is 0 Å². The van der Waals surface area contributed by atoms with E-state index >= 15 is 0 Å². The normalized spacial score (nSPS) is 23.7. The molecule has 0 spiro atoms. The largest absolute Gasteiger partial charge is 0.328 e. The van der Waals surface area contributed by atoms with Crippen molar-refractivity contribution in [1.29, 1.82) is 0 Å². The summed E-state index contributed by atoms with van der Waals surface area (Å²) in [6.07, 6.45) is 1.23. The topological polar surface area (TPSA) is 59.5 Å². The van der Waals surface area contributed by atoms with Gasteiger partial charge in [0, 0.05) is 25.0 Å². The van der Waals surface area contributed by atoms with E-state index in [1.54, 1.807) is 31.3 Å². The molecule has 29 heavy (non-hydrogen) atoms. The van der Waals surface area contributed by atoms with Gasteiger partial charge in [-0.2, -0.15) is 0 Å². The summed E-state index contributed by atoms with van der Waals surface area (Å²) in [7, 11) is 1.67. The van der Waals surface area contributed by atoms with Gasteiger partial charge in [0.25, 0.3) is 5.91 Å². The lowest BCUT2D eigenvalue weighted by molar-refractivity contribution is -0.137. The average Bonchev–Trinajstić information content (AvgIpc) is 3.18. The summed E-state index contributed by atoms with van der Waals surface area (Å²) in [6, 6.07) is 4.10. The molecule has 3 aliphatic heterocycles. The van der Waals surface area contributed by atoms with Gasteiger partial charge in [-0.15, -0.1) is 6.58 Å². The van der Waals surface area contributed by atoms with Crippen molar-refractivity contribution < 1.29 is 9.59 Å². The highest BCUT2D eigenvalue weighted by molar-refractivity contribution is 6.42. The van der Waals surface area contributed by atoms with E-state index in [2.05, 4.69) is 6.58 Å². The van der Waals surface area contributed by atoms with E-state index in [1.165, 1.54) is 9.80 Å². The zero-order valence-electron chi connectivity index (χ0n) is 16.4. The third-order valence-electron chi connectivity index (χ3n) is 5.64. The molecule has 3 amide bonds. The van der Waals surface area contributed by atoms with Crippen molar-refractivity contribution in [2.75, 3.05) is 13.6 Å². The maximum Gasteiger partial charge on any atom is 0.328 e. The second-order valence-corrected chi connectivity index (χ2v) is 8.11. The highest BCUT2D eigenvalue weighted by Crippen LogP contribution is 2.38. The molecule has 3 heterocycles. The van der Waals surface area contributed by atoms with Crippen LogP contribution in [0.5, 0.6) is 0 Å². The Kier molecular flexibility index (Phi) is 4.83. The molecule has 1 fully saturated rings. The lowest BCUT2D eigenvalue weighted by Crippen LogP contribution is -2.64. The maximum atomic E-state index is 13.4. The van der Waals surface area contributed by atoms with Crippen LogP contribution in [0.2, 0.25) is 10.0 Å². The molecule has 0 aliphatic carbocycles. The molecule has 7 nitrogen and oxygen atoms in total. The zero-order chi connectivity index (χ0) is 21.0. The number of halogens is 2. The molecule has 0 bridgehead atoms. The molecule has 2 atom stereocenters. The lowest BCUT2D eigenvalue weighted by atomic mass is 10.1. The van der Waals surface area contributed by atoms with E-state index in [1.807, 2.05) is 23.6 Å². The molecule has 0 radical (unpaired) electrons. The van der Waals surface area contributed by atoms with Gasteiger partial charge >= 0.3 is 6.03 Å². The smallest absolute Gasteiger partial charge is 0.311 e. The molecule has 0 aromatic heterocycles. The van der Waals surface area contributed by atoms with E-state index in [9.17, 15) is 9.59 Å². The standard InChI is InChI=1S/C20H21Cl2N5O2/c1-5-8-25-11(2)12(3)27-16-17(23-19(25)27)24(4)20(29)26(18(16)28)10-13-6-7-14(21)15(22)9-13/h5-7,9,16-17H,1,8,10H2,2-4H3. The molecule has 0 saturated carbocycles. The summed E-state index contributed by atoms with van der Waals surface area (Å²) in [4.78, 5) is 37.8. The molecule has 1 aromatic carbocycles. The van der Waals surface area contributed by atoms with Crippen molar-refractivity contribution in [3.05, 3.63) is 57.9 Å². The van der Waals surface area contributed by atoms with Gasteiger partial charge in [-0.05, 0) is 31.5 Å². The van der Waals surface area contributed by atoms with Crippen molar-refractivity contribution in [3.63, 3.8) is 0 Å². The Balaban J connectivity index is 1.68. The zero-order valence-corrected chi connectivity index (χ0v) is 17.9. The SMILES string of the molecule is C=CCN1C2=NC3C(C(=O)N(Cc4ccc(Cl)c(Cl)c4)C(=O)N3C)N2C(C)=C1C. The van der Waals surface area contributed by atoms with Crippen LogP contribution in [0.3, 0.4) is 0 Å². The Bertz CT molecular complexity index is 989. The molecular weight excluding hydrogens is 413 g/mol. The minimum Gasteiger partial charge on any atom is -0.311 e. The van der Waals surface area contributed by atoms with Crippen LogP contribution in [-0.4, -0.2) is 63.3 Å². The number of hydrogen-bond donors (Lipinski definition) is 0. The van der Waals surface area contributed by atoms with Crippen molar-refractivity contribution in [2.45, 2.75) is 32.6 Å². The molecule has 3 aliphatic rings. The molecule has 0 N–H and O–H groups in total. The van der Waals surface area contributed by atoms with Crippen LogP contribution in [-0.2, 0) is 11.3 Å². The Morgan fingerprint density at radius 3 is 2.52 bits per heavy atom. The number of aliphatic imine (C=N–C) groups is 1. The first-order valence-electron chi connectivity index (χ1n) is 9.21. The van der Waals surface area contributed by atoms with Crippen LogP contribution in [0.25, 0.3) is 0 Å². The summed E-state index contributed by atoms with van der Waals surface area (Å²) in [5.74, 6) is 0.398. The van der Waals surface area contributed by atoms with Gasteiger partial charge in [-0.25, -0.2) is 9.79 Å². The molecular formula is C20H21Cl2N5O2. The predicted octanol–water partition coefficient (Wildman–Crippen LogP) is 3.51. The van der Waals surface area contributed by atoms with Crippen LogP contribution in [0.1, 0.15) is 19.4 Å². The second kappa shape index (κ2) is 7.07. The van der Waals surface area contributed by atoms with Gasteiger partial charge in [0.05, 0.1) is 16.6 Å². The van der Waals surface area contributed by atoms with E-state index in [-0.39, 0.29) is 18.5 Å². The third-order valence-corrected chi connectivity index (χ3v) is 6.38.